The van der Waals surface area contributed by atoms with Gasteiger partial charge in [-0.25, -0.2) is 5.84 Å². The maximum absolute atomic E-state index is 11.4. The van der Waals surface area contributed by atoms with E-state index in [0.717, 1.165) is 26.1 Å². The van der Waals surface area contributed by atoms with Crippen molar-refractivity contribution < 1.29 is 18.7 Å². The van der Waals surface area contributed by atoms with Crippen LogP contribution in [0, 0.1) is 6.92 Å². The molecule has 0 aliphatic carbocycles. The van der Waals surface area contributed by atoms with E-state index in [-0.39, 0.29) is 12.0 Å². The second kappa shape index (κ2) is 5.99. The van der Waals surface area contributed by atoms with Crippen molar-refractivity contribution in [2.75, 3.05) is 13.2 Å². The molecule has 100 valence electrons. The summed E-state index contributed by atoms with van der Waals surface area (Å²) in [6.45, 7) is 3.57. The second-order valence-corrected chi connectivity index (χ2v) is 4.28. The molecule has 0 aromatic carbocycles. The van der Waals surface area contributed by atoms with Crippen LogP contribution in [0.2, 0.25) is 0 Å². The lowest BCUT2D eigenvalue weighted by atomic mass is 10.1. The fourth-order valence-corrected chi connectivity index (χ4v) is 1.96. The zero-order chi connectivity index (χ0) is 13.0. The van der Waals surface area contributed by atoms with Gasteiger partial charge in [-0.15, -0.1) is 0 Å². The molecule has 1 fully saturated rings. The van der Waals surface area contributed by atoms with Crippen LogP contribution in [0.1, 0.15) is 34.7 Å². The molecule has 0 spiro atoms. The van der Waals surface area contributed by atoms with Crippen molar-refractivity contribution in [1.82, 2.24) is 5.43 Å². The first kappa shape index (κ1) is 13.1. The Hall–Kier alpha value is -1.37. The minimum Gasteiger partial charge on any atom is -0.463 e. The standard InChI is InChI=1S/C12H18N2O4/c1-8-11(12(15)14-13)6-10(18-8)7-17-9-2-4-16-5-3-9/h6,9H,2-5,7,13H2,1H3,(H,14,15). The summed E-state index contributed by atoms with van der Waals surface area (Å²) in [5.41, 5.74) is 2.53. The highest BCUT2D eigenvalue weighted by Gasteiger charge is 2.17. The molecule has 3 N–H and O–H groups in total. The molecule has 1 aliphatic rings. The first-order valence-corrected chi connectivity index (χ1v) is 6.00. The van der Waals surface area contributed by atoms with Crippen LogP contribution < -0.4 is 11.3 Å². The van der Waals surface area contributed by atoms with Crippen LogP contribution in [0.25, 0.3) is 0 Å². The monoisotopic (exact) mass is 254 g/mol. The van der Waals surface area contributed by atoms with E-state index < -0.39 is 0 Å². The minimum atomic E-state index is -0.353. The van der Waals surface area contributed by atoms with Gasteiger partial charge in [-0.2, -0.15) is 0 Å². The van der Waals surface area contributed by atoms with E-state index in [1.54, 1.807) is 13.0 Å². The number of nitrogens with two attached hydrogens (primary N) is 1. The Morgan fingerprint density at radius 2 is 2.28 bits per heavy atom. The summed E-state index contributed by atoms with van der Waals surface area (Å²) in [5, 5.41) is 0. The molecule has 1 amide bonds. The SMILES string of the molecule is Cc1oc(COC2CCOCC2)cc1C(=O)NN. The number of carbonyl (C=O) groups is 1. The van der Waals surface area contributed by atoms with Crippen LogP contribution in [0.3, 0.4) is 0 Å². The quantitative estimate of drug-likeness (QED) is 0.473. The number of amides is 1. The molecule has 0 radical (unpaired) electrons. The van der Waals surface area contributed by atoms with Crippen molar-refractivity contribution in [3.8, 4) is 0 Å². The van der Waals surface area contributed by atoms with Gasteiger partial charge >= 0.3 is 0 Å². The lowest BCUT2D eigenvalue weighted by Crippen LogP contribution is -2.30. The molecule has 0 unspecified atom stereocenters. The Labute approximate surface area is 105 Å². The van der Waals surface area contributed by atoms with E-state index >= 15 is 0 Å². The van der Waals surface area contributed by atoms with Crippen LogP contribution in [0.4, 0.5) is 0 Å². The number of hydrogen-bond acceptors (Lipinski definition) is 5. The third kappa shape index (κ3) is 3.10. The number of carbonyl (C=O) groups excluding carboxylic acids is 1. The van der Waals surface area contributed by atoms with Gasteiger partial charge in [0.15, 0.2) is 0 Å². The summed E-state index contributed by atoms with van der Waals surface area (Å²) in [5.74, 6) is 5.92. The molecule has 2 rings (SSSR count). The second-order valence-electron chi connectivity index (χ2n) is 4.28. The predicted molar refractivity (Wildman–Crippen MR) is 63.7 cm³/mol. The minimum absolute atomic E-state index is 0.205. The van der Waals surface area contributed by atoms with Crippen molar-refractivity contribution in [3.05, 3.63) is 23.2 Å². The fourth-order valence-electron chi connectivity index (χ4n) is 1.96. The van der Waals surface area contributed by atoms with E-state index in [1.165, 1.54) is 0 Å². The summed E-state index contributed by atoms with van der Waals surface area (Å²) in [6.07, 6.45) is 2.00. The van der Waals surface area contributed by atoms with Crippen molar-refractivity contribution in [3.63, 3.8) is 0 Å². The van der Waals surface area contributed by atoms with Crippen LogP contribution in [-0.2, 0) is 16.1 Å². The summed E-state index contributed by atoms with van der Waals surface area (Å²) in [4.78, 5) is 11.4. The average Bonchev–Trinajstić information content (AvgIpc) is 2.78. The Balaban J connectivity index is 1.91. The molecule has 0 saturated carbocycles. The van der Waals surface area contributed by atoms with Crippen LogP contribution >= 0.6 is 0 Å². The van der Waals surface area contributed by atoms with Gasteiger partial charge in [0.1, 0.15) is 18.1 Å². The maximum atomic E-state index is 11.4. The molecule has 1 aliphatic heterocycles. The summed E-state index contributed by atoms with van der Waals surface area (Å²) in [7, 11) is 0. The number of ether oxygens (including phenoxy) is 2. The van der Waals surface area contributed by atoms with Gasteiger partial charge in [0.2, 0.25) is 0 Å². The number of hydrogen-bond donors (Lipinski definition) is 2. The predicted octanol–water partition coefficient (Wildman–Crippen LogP) is 0.887. The summed E-state index contributed by atoms with van der Waals surface area (Å²) in [6, 6.07) is 1.66. The Kier molecular flexibility index (Phi) is 4.35. The zero-order valence-electron chi connectivity index (χ0n) is 10.4. The number of furan rings is 1. The molecule has 18 heavy (non-hydrogen) atoms. The topological polar surface area (TPSA) is 86.7 Å². The highest BCUT2D eigenvalue weighted by Crippen LogP contribution is 2.18. The molecule has 0 atom stereocenters. The number of nitrogen functional groups attached to an aromatic ring is 1. The van der Waals surface area contributed by atoms with Gasteiger partial charge in [0.05, 0.1) is 11.7 Å². The molecule has 6 nitrogen and oxygen atoms in total. The number of rotatable bonds is 4. The van der Waals surface area contributed by atoms with E-state index in [9.17, 15) is 4.79 Å². The molecule has 2 heterocycles. The number of aryl methyl sites for hydroxylation is 1. The third-order valence-electron chi connectivity index (χ3n) is 2.97. The highest BCUT2D eigenvalue weighted by atomic mass is 16.5. The average molecular weight is 254 g/mol. The van der Waals surface area contributed by atoms with Crippen LogP contribution in [0.15, 0.2) is 10.5 Å². The van der Waals surface area contributed by atoms with Gasteiger partial charge in [-0.3, -0.25) is 10.2 Å². The van der Waals surface area contributed by atoms with Crippen molar-refractivity contribution in [2.24, 2.45) is 5.84 Å². The highest BCUT2D eigenvalue weighted by molar-refractivity contribution is 5.94. The first-order chi connectivity index (χ1) is 8.70. The van der Waals surface area contributed by atoms with Crippen LogP contribution in [0.5, 0.6) is 0 Å². The van der Waals surface area contributed by atoms with Gasteiger partial charge < -0.3 is 13.9 Å². The molecular formula is C12H18N2O4. The van der Waals surface area contributed by atoms with Gasteiger partial charge in [0, 0.05) is 13.2 Å². The van der Waals surface area contributed by atoms with Crippen molar-refractivity contribution >= 4 is 5.91 Å². The Morgan fingerprint density at radius 3 is 2.94 bits per heavy atom. The molecule has 1 aromatic heterocycles. The first-order valence-electron chi connectivity index (χ1n) is 6.00. The van der Waals surface area contributed by atoms with Gasteiger partial charge in [0.25, 0.3) is 5.91 Å². The molecular weight excluding hydrogens is 236 g/mol. The smallest absolute Gasteiger partial charge is 0.268 e. The Morgan fingerprint density at radius 1 is 1.56 bits per heavy atom. The van der Waals surface area contributed by atoms with E-state index in [4.69, 9.17) is 19.7 Å². The number of hydrazine groups is 1. The van der Waals surface area contributed by atoms with Gasteiger partial charge in [-0.1, -0.05) is 0 Å². The van der Waals surface area contributed by atoms with E-state index in [1.807, 2.05) is 0 Å². The molecule has 0 bridgehead atoms. The largest absolute Gasteiger partial charge is 0.463 e. The lowest BCUT2D eigenvalue weighted by molar-refractivity contribution is -0.0435. The molecule has 6 heteroatoms. The molecule has 1 aromatic rings. The lowest BCUT2D eigenvalue weighted by Gasteiger charge is -2.21. The molecule has 1 saturated heterocycles. The maximum Gasteiger partial charge on any atom is 0.268 e. The number of nitrogens with one attached hydrogen (secondary N) is 1. The summed E-state index contributed by atoms with van der Waals surface area (Å²) < 4.78 is 16.4. The van der Waals surface area contributed by atoms with Crippen molar-refractivity contribution in [1.29, 1.82) is 0 Å². The Bertz CT molecular complexity index is 410. The fraction of sp³-hybridized carbons (Fsp3) is 0.583. The van der Waals surface area contributed by atoms with Gasteiger partial charge in [-0.05, 0) is 25.8 Å². The third-order valence-corrected chi connectivity index (χ3v) is 2.97. The van der Waals surface area contributed by atoms with Crippen molar-refractivity contribution in [2.45, 2.75) is 32.5 Å². The summed E-state index contributed by atoms with van der Waals surface area (Å²) >= 11 is 0. The van der Waals surface area contributed by atoms with E-state index in [2.05, 4.69) is 5.43 Å². The normalized spacial score (nSPS) is 16.8. The zero-order valence-corrected chi connectivity index (χ0v) is 10.4. The van der Waals surface area contributed by atoms with Crippen LogP contribution in [-0.4, -0.2) is 25.2 Å². The van der Waals surface area contributed by atoms with E-state index in [0.29, 0.717) is 23.7 Å².